The normalized spacial score (nSPS) is 13.5. The van der Waals surface area contributed by atoms with Crippen LogP contribution >= 0.6 is 43.2 Å². The van der Waals surface area contributed by atoms with Gasteiger partial charge >= 0.3 is 6.18 Å². The molecule has 1 aromatic heterocycles. The van der Waals surface area contributed by atoms with E-state index in [0.29, 0.717) is 5.56 Å². The number of nitrogens with two attached hydrogens (primary N) is 1. The van der Waals surface area contributed by atoms with Crippen LogP contribution in [0.3, 0.4) is 0 Å². The quantitative estimate of drug-likeness (QED) is 0.540. The Bertz CT molecular complexity index is 613. The number of rotatable bonds is 3. The summed E-state index contributed by atoms with van der Waals surface area (Å²) in [5.74, 6) is 5.50. The molecule has 20 heavy (non-hydrogen) atoms. The molecule has 1 aromatic carbocycles. The fraction of sp³-hybridized carbons (Fsp3) is 0.167. The van der Waals surface area contributed by atoms with Crippen molar-refractivity contribution in [2.24, 2.45) is 5.84 Å². The topological polar surface area (TPSA) is 38.0 Å². The number of hydrazine groups is 1. The molecule has 0 amide bonds. The van der Waals surface area contributed by atoms with Gasteiger partial charge in [-0.15, -0.1) is 0 Å². The van der Waals surface area contributed by atoms with Gasteiger partial charge in [0.15, 0.2) is 0 Å². The number of thiophene rings is 1. The molecular formula is C12H9Br2F3N2S. The van der Waals surface area contributed by atoms with Crippen molar-refractivity contribution in [1.29, 1.82) is 0 Å². The summed E-state index contributed by atoms with van der Waals surface area (Å²) in [7, 11) is 0. The predicted octanol–water partition coefficient (Wildman–Crippen LogP) is 4.84. The molecule has 8 heteroatoms. The van der Waals surface area contributed by atoms with Crippen molar-refractivity contribution in [1.82, 2.24) is 5.43 Å². The van der Waals surface area contributed by atoms with Crippen molar-refractivity contribution in [3.8, 4) is 0 Å². The van der Waals surface area contributed by atoms with E-state index in [1.54, 1.807) is 6.07 Å². The second-order valence-corrected chi connectivity index (χ2v) is 6.46. The van der Waals surface area contributed by atoms with Crippen LogP contribution < -0.4 is 11.3 Å². The summed E-state index contributed by atoms with van der Waals surface area (Å²) < 4.78 is 39.6. The van der Waals surface area contributed by atoms with Crippen molar-refractivity contribution in [3.05, 3.63) is 54.6 Å². The van der Waals surface area contributed by atoms with Crippen molar-refractivity contribution in [3.63, 3.8) is 0 Å². The van der Waals surface area contributed by atoms with Gasteiger partial charge in [0.1, 0.15) is 0 Å². The molecule has 0 saturated heterocycles. The Morgan fingerprint density at radius 2 is 1.85 bits per heavy atom. The van der Waals surface area contributed by atoms with Gasteiger partial charge in [-0.1, -0.05) is 22.0 Å². The van der Waals surface area contributed by atoms with E-state index in [4.69, 9.17) is 5.84 Å². The van der Waals surface area contributed by atoms with Crippen molar-refractivity contribution >= 4 is 43.2 Å². The minimum absolute atomic E-state index is 0.00825. The smallest absolute Gasteiger partial charge is 0.271 e. The molecule has 0 radical (unpaired) electrons. The highest BCUT2D eigenvalue weighted by Crippen LogP contribution is 2.38. The van der Waals surface area contributed by atoms with Gasteiger partial charge in [0.2, 0.25) is 0 Å². The van der Waals surface area contributed by atoms with Crippen LogP contribution in [0.25, 0.3) is 0 Å². The van der Waals surface area contributed by atoms with Gasteiger partial charge in [0.25, 0.3) is 0 Å². The average molecular weight is 430 g/mol. The first-order valence-electron chi connectivity index (χ1n) is 5.39. The molecule has 1 atom stereocenters. The molecule has 0 bridgehead atoms. The maximum atomic E-state index is 12.9. The lowest BCUT2D eigenvalue weighted by molar-refractivity contribution is -0.138. The van der Waals surface area contributed by atoms with E-state index in [2.05, 4.69) is 37.3 Å². The van der Waals surface area contributed by atoms with Gasteiger partial charge in [0, 0.05) is 14.3 Å². The van der Waals surface area contributed by atoms with Gasteiger partial charge in [-0.3, -0.25) is 5.84 Å². The molecule has 2 aromatic rings. The average Bonchev–Trinajstić information content (AvgIpc) is 2.77. The van der Waals surface area contributed by atoms with Gasteiger partial charge in [-0.2, -0.15) is 24.5 Å². The first-order chi connectivity index (χ1) is 9.34. The third-order valence-electron chi connectivity index (χ3n) is 2.75. The predicted molar refractivity (Wildman–Crippen MR) is 80.3 cm³/mol. The molecule has 0 aliphatic heterocycles. The summed E-state index contributed by atoms with van der Waals surface area (Å²) in [5.41, 5.74) is 3.08. The first-order valence-corrected chi connectivity index (χ1v) is 7.92. The van der Waals surface area contributed by atoms with Crippen molar-refractivity contribution in [2.75, 3.05) is 0 Å². The van der Waals surface area contributed by atoms with Crippen LogP contribution in [0, 0.1) is 0 Å². The Hall–Kier alpha value is -0.410. The van der Waals surface area contributed by atoms with Crippen molar-refractivity contribution in [2.45, 2.75) is 12.2 Å². The summed E-state index contributed by atoms with van der Waals surface area (Å²) in [6.45, 7) is 0. The largest absolute Gasteiger partial charge is 0.417 e. The zero-order valence-corrected chi connectivity index (χ0v) is 13.8. The van der Waals surface area contributed by atoms with Gasteiger partial charge in [0.05, 0.1) is 11.6 Å². The van der Waals surface area contributed by atoms with Gasteiger partial charge in [-0.25, -0.2) is 5.43 Å². The SMILES string of the molecule is NNC(c1ccc(Br)c(C(F)(F)F)c1)c1cscc1Br. The Kier molecular flexibility index (Phi) is 4.91. The lowest BCUT2D eigenvalue weighted by Crippen LogP contribution is -2.29. The second-order valence-electron chi connectivity index (χ2n) is 4.01. The van der Waals surface area contributed by atoms with Crippen LogP contribution in [0.5, 0.6) is 0 Å². The third-order valence-corrected chi connectivity index (χ3v) is 5.19. The van der Waals surface area contributed by atoms with E-state index in [9.17, 15) is 13.2 Å². The fourth-order valence-corrected chi connectivity index (χ4v) is 3.83. The molecule has 3 N–H and O–H groups in total. The molecule has 0 fully saturated rings. The van der Waals surface area contributed by atoms with Crippen LogP contribution in [-0.4, -0.2) is 0 Å². The minimum Gasteiger partial charge on any atom is -0.271 e. The molecule has 108 valence electrons. The van der Waals surface area contributed by atoms with E-state index in [-0.39, 0.29) is 4.47 Å². The molecule has 0 spiro atoms. The summed E-state index contributed by atoms with van der Waals surface area (Å²) in [4.78, 5) is 0. The number of nitrogens with one attached hydrogen (secondary N) is 1. The Morgan fingerprint density at radius 1 is 1.15 bits per heavy atom. The summed E-state index contributed by atoms with van der Waals surface area (Å²) in [6, 6.07) is 3.57. The Labute approximate surface area is 134 Å². The number of hydrogen-bond donors (Lipinski definition) is 2. The molecule has 0 aliphatic rings. The van der Waals surface area contributed by atoms with Crippen LogP contribution in [-0.2, 0) is 6.18 Å². The van der Waals surface area contributed by atoms with Crippen LogP contribution in [0.2, 0.25) is 0 Å². The van der Waals surface area contributed by atoms with Crippen LogP contribution in [0.4, 0.5) is 13.2 Å². The Balaban J connectivity index is 2.49. The van der Waals surface area contributed by atoms with E-state index < -0.39 is 17.8 Å². The lowest BCUT2D eigenvalue weighted by atomic mass is 9.99. The summed E-state index contributed by atoms with van der Waals surface area (Å²) in [5, 5.41) is 3.69. The van der Waals surface area contributed by atoms with Crippen LogP contribution in [0.1, 0.15) is 22.7 Å². The van der Waals surface area contributed by atoms with E-state index in [1.807, 2.05) is 10.8 Å². The van der Waals surface area contributed by atoms with Gasteiger partial charge in [-0.05, 0) is 44.6 Å². The summed E-state index contributed by atoms with van der Waals surface area (Å²) in [6.07, 6.45) is -4.42. The number of halogens is 5. The zero-order chi connectivity index (χ0) is 14.9. The fourth-order valence-electron chi connectivity index (χ4n) is 1.80. The Morgan fingerprint density at radius 3 is 2.35 bits per heavy atom. The molecule has 0 saturated carbocycles. The zero-order valence-electron chi connectivity index (χ0n) is 9.84. The van der Waals surface area contributed by atoms with Crippen LogP contribution in [0.15, 0.2) is 37.9 Å². The second kappa shape index (κ2) is 6.15. The third kappa shape index (κ3) is 3.25. The highest BCUT2D eigenvalue weighted by Gasteiger charge is 2.33. The minimum atomic E-state index is -4.42. The molecule has 2 nitrogen and oxygen atoms in total. The standard InChI is InChI=1S/C12H9Br2F3N2S/c13-9-2-1-6(3-8(9)12(15,16)17)11(19-18)7-4-20-5-10(7)14/h1-5,11,19H,18H2. The summed E-state index contributed by atoms with van der Waals surface area (Å²) >= 11 is 7.73. The van der Waals surface area contributed by atoms with Crippen molar-refractivity contribution < 1.29 is 13.2 Å². The number of hydrogen-bond acceptors (Lipinski definition) is 3. The van der Waals surface area contributed by atoms with Gasteiger partial charge < -0.3 is 0 Å². The molecule has 1 unspecified atom stereocenters. The maximum absolute atomic E-state index is 12.9. The first kappa shape index (κ1) is 16.0. The van der Waals surface area contributed by atoms with E-state index in [0.717, 1.165) is 16.1 Å². The molecule has 1 heterocycles. The monoisotopic (exact) mass is 428 g/mol. The molecular weight excluding hydrogens is 421 g/mol. The van der Waals surface area contributed by atoms with E-state index in [1.165, 1.54) is 17.4 Å². The number of benzene rings is 1. The highest BCUT2D eigenvalue weighted by molar-refractivity contribution is 9.10. The molecule has 2 rings (SSSR count). The van der Waals surface area contributed by atoms with E-state index >= 15 is 0 Å². The molecule has 0 aliphatic carbocycles. The lowest BCUT2D eigenvalue weighted by Gasteiger charge is -2.18. The number of alkyl halides is 3. The maximum Gasteiger partial charge on any atom is 0.417 e. The highest BCUT2D eigenvalue weighted by atomic mass is 79.9.